The molecule has 3 nitrogen and oxygen atoms in total. The topological polar surface area (TPSA) is 41.1 Å². The summed E-state index contributed by atoms with van der Waals surface area (Å²) in [6, 6.07) is 0. The number of nitrogens with one attached hydrogen (secondary N) is 2. The van der Waals surface area contributed by atoms with Gasteiger partial charge in [-0.2, -0.15) is 0 Å². The van der Waals surface area contributed by atoms with Crippen molar-refractivity contribution in [1.82, 2.24) is 10.6 Å². The van der Waals surface area contributed by atoms with Gasteiger partial charge in [-0.15, -0.1) is 0 Å². The van der Waals surface area contributed by atoms with Crippen molar-refractivity contribution < 1.29 is 4.79 Å². The van der Waals surface area contributed by atoms with Crippen molar-refractivity contribution in [3.63, 3.8) is 0 Å². The molecule has 1 aliphatic heterocycles. The molecule has 0 bridgehead atoms. The summed E-state index contributed by atoms with van der Waals surface area (Å²) in [7, 11) is 0. The molecule has 3 heteroatoms. The van der Waals surface area contributed by atoms with E-state index in [1.54, 1.807) is 0 Å². The van der Waals surface area contributed by atoms with E-state index in [0.29, 0.717) is 0 Å². The molecule has 102 valence electrons. The first-order chi connectivity index (χ1) is 8.83. The highest BCUT2D eigenvalue weighted by Crippen LogP contribution is 2.48. The highest BCUT2D eigenvalue weighted by molar-refractivity contribution is 5.75. The molecule has 18 heavy (non-hydrogen) atoms. The van der Waals surface area contributed by atoms with Crippen molar-refractivity contribution in [3.05, 3.63) is 0 Å². The quantitative estimate of drug-likeness (QED) is 0.725. The third-order valence-corrected chi connectivity index (χ3v) is 4.93. The van der Waals surface area contributed by atoms with Gasteiger partial charge in [-0.25, -0.2) is 0 Å². The van der Waals surface area contributed by atoms with Crippen molar-refractivity contribution in [2.75, 3.05) is 19.6 Å². The number of hydrogen-bond donors (Lipinski definition) is 2. The van der Waals surface area contributed by atoms with Gasteiger partial charge in [0, 0.05) is 13.0 Å². The van der Waals surface area contributed by atoms with E-state index in [2.05, 4.69) is 10.6 Å². The molecule has 0 aromatic rings. The van der Waals surface area contributed by atoms with Crippen molar-refractivity contribution in [2.24, 2.45) is 23.7 Å². The van der Waals surface area contributed by atoms with Gasteiger partial charge in [-0.05, 0) is 75.3 Å². The number of amides is 1. The number of hydrogen-bond acceptors (Lipinski definition) is 2. The molecular formula is C15H26N2O. The normalized spacial score (nSPS) is 27.7. The minimum Gasteiger partial charge on any atom is -0.356 e. The molecule has 1 unspecified atom stereocenters. The average Bonchev–Trinajstić information content (AvgIpc) is 3.29. The van der Waals surface area contributed by atoms with E-state index in [1.807, 2.05) is 0 Å². The van der Waals surface area contributed by atoms with E-state index < -0.39 is 0 Å². The van der Waals surface area contributed by atoms with Gasteiger partial charge in [0.15, 0.2) is 0 Å². The molecule has 2 aliphatic carbocycles. The Balaban J connectivity index is 1.32. The van der Waals surface area contributed by atoms with Crippen LogP contribution in [0.4, 0.5) is 0 Å². The predicted molar refractivity (Wildman–Crippen MR) is 72.2 cm³/mol. The Kier molecular flexibility index (Phi) is 3.88. The third kappa shape index (κ3) is 3.47. The predicted octanol–water partition coefficient (Wildman–Crippen LogP) is 1.93. The summed E-state index contributed by atoms with van der Waals surface area (Å²) in [4.78, 5) is 11.9. The summed E-state index contributed by atoms with van der Waals surface area (Å²) in [5.41, 5.74) is 0. The zero-order valence-electron chi connectivity index (χ0n) is 11.3. The molecule has 3 rings (SSSR count). The van der Waals surface area contributed by atoms with Crippen molar-refractivity contribution in [2.45, 2.75) is 44.9 Å². The Labute approximate surface area is 110 Å². The molecule has 1 heterocycles. The number of carbonyl (C=O) groups is 1. The lowest BCUT2D eigenvalue weighted by Crippen LogP contribution is -2.31. The molecule has 2 saturated carbocycles. The van der Waals surface area contributed by atoms with Gasteiger partial charge in [0.25, 0.3) is 0 Å². The Bertz CT molecular complexity index is 279. The lowest BCUT2D eigenvalue weighted by atomic mass is 9.97. The van der Waals surface area contributed by atoms with Gasteiger partial charge in [0.2, 0.25) is 5.91 Å². The van der Waals surface area contributed by atoms with Crippen LogP contribution >= 0.6 is 0 Å². The summed E-state index contributed by atoms with van der Waals surface area (Å²) < 4.78 is 0. The van der Waals surface area contributed by atoms with E-state index in [4.69, 9.17) is 0 Å². The molecule has 2 N–H and O–H groups in total. The van der Waals surface area contributed by atoms with Crippen LogP contribution in [0.1, 0.15) is 44.9 Å². The molecule has 0 spiro atoms. The van der Waals surface area contributed by atoms with Crippen LogP contribution in [0.2, 0.25) is 0 Å². The van der Waals surface area contributed by atoms with Gasteiger partial charge in [0.1, 0.15) is 0 Å². The first-order valence-corrected chi connectivity index (χ1v) is 7.80. The van der Waals surface area contributed by atoms with Crippen LogP contribution in [0, 0.1) is 23.7 Å². The van der Waals surface area contributed by atoms with Crippen LogP contribution < -0.4 is 10.6 Å². The maximum atomic E-state index is 11.9. The van der Waals surface area contributed by atoms with Crippen LogP contribution in [-0.4, -0.2) is 25.5 Å². The summed E-state index contributed by atoms with van der Waals surface area (Å²) >= 11 is 0. The van der Waals surface area contributed by atoms with E-state index in [1.165, 1.54) is 32.1 Å². The molecule has 0 radical (unpaired) electrons. The maximum absolute atomic E-state index is 11.9. The second-order valence-electron chi connectivity index (χ2n) is 6.54. The number of carbonyl (C=O) groups excluding carboxylic acids is 1. The first-order valence-electron chi connectivity index (χ1n) is 7.80. The molecule has 1 atom stereocenters. The second-order valence-corrected chi connectivity index (χ2v) is 6.54. The Morgan fingerprint density at radius 1 is 1.17 bits per heavy atom. The Morgan fingerprint density at radius 3 is 2.44 bits per heavy atom. The van der Waals surface area contributed by atoms with E-state index >= 15 is 0 Å². The average molecular weight is 250 g/mol. The Morgan fingerprint density at radius 2 is 1.89 bits per heavy atom. The van der Waals surface area contributed by atoms with Crippen LogP contribution in [0.5, 0.6) is 0 Å². The highest BCUT2D eigenvalue weighted by atomic mass is 16.1. The summed E-state index contributed by atoms with van der Waals surface area (Å²) in [6.45, 7) is 3.20. The van der Waals surface area contributed by atoms with Crippen LogP contribution in [0.25, 0.3) is 0 Å². The van der Waals surface area contributed by atoms with E-state index in [-0.39, 0.29) is 5.91 Å². The third-order valence-electron chi connectivity index (χ3n) is 4.93. The number of rotatable bonds is 7. The molecule has 0 aromatic carbocycles. The monoisotopic (exact) mass is 250 g/mol. The lowest BCUT2D eigenvalue weighted by Gasteiger charge is -2.16. The van der Waals surface area contributed by atoms with Gasteiger partial charge in [0.05, 0.1) is 0 Å². The van der Waals surface area contributed by atoms with Gasteiger partial charge >= 0.3 is 0 Å². The van der Waals surface area contributed by atoms with Crippen molar-refractivity contribution in [3.8, 4) is 0 Å². The van der Waals surface area contributed by atoms with Gasteiger partial charge < -0.3 is 10.6 Å². The van der Waals surface area contributed by atoms with Crippen LogP contribution in [0.15, 0.2) is 0 Å². The molecule has 3 aliphatic rings. The highest BCUT2D eigenvalue weighted by Gasteiger charge is 2.41. The zero-order valence-corrected chi connectivity index (χ0v) is 11.3. The summed E-state index contributed by atoms with van der Waals surface area (Å²) in [5, 5.41) is 6.55. The molecule has 3 fully saturated rings. The summed E-state index contributed by atoms with van der Waals surface area (Å²) in [5.74, 6) is 3.71. The van der Waals surface area contributed by atoms with E-state index in [9.17, 15) is 4.79 Å². The smallest absolute Gasteiger partial charge is 0.220 e. The fourth-order valence-electron chi connectivity index (χ4n) is 3.38. The second kappa shape index (κ2) is 5.60. The summed E-state index contributed by atoms with van der Waals surface area (Å²) in [6.07, 6.45) is 8.68. The van der Waals surface area contributed by atoms with E-state index in [0.717, 1.165) is 56.1 Å². The SMILES string of the molecule is O=C(CCC1CCNC1)NCC(C1CC1)C1CC1. The zero-order chi connectivity index (χ0) is 12.4. The van der Waals surface area contributed by atoms with Gasteiger partial charge in [-0.1, -0.05) is 0 Å². The minimum atomic E-state index is 0.285. The lowest BCUT2D eigenvalue weighted by molar-refractivity contribution is -0.121. The fraction of sp³-hybridized carbons (Fsp3) is 0.933. The Hall–Kier alpha value is -0.570. The van der Waals surface area contributed by atoms with Crippen LogP contribution in [-0.2, 0) is 4.79 Å². The standard InChI is InChI=1S/C15H26N2O/c18-15(6-1-11-7-8-16-9-11)17-10-14(12-2-3-12)13-4-5-13/h11-14,16H,1-10H2,(H,17,18). The van der Waals surface area contributed by atoms with Crippen molar-refractivity contribution >= 4 is 5.91 Å². The van der Waals surface area contributed by atoms with Gasteiger partial charge in [-0.3, -0.25) is 4.79 Å². The first kappa shape index (κ1) is 12.5. The molecule has 1 amide bonds. The largest absolute Gasteiger partial charge is 0.356 e. The minimum absolute atomic E-state index is 0.285. The van der Waals surface area contributed by atoms with Crippen molar-refractivity contribution in [1.29, 1.82) is 0 Å². The van der Waals surface area contributed by atoms with Crippen LogP contribution in [0.3, 0.4) is 0 Å². The molecular weight excluding hydrogens is 224 g/mol. The molecule has 0 aromatic heterocycles. The molecule has 1 saturated heterocycles. The fourth-order valence-corrected chi connectivity index (χ4v) is 3.38. The maximum Gasteiger partial charge on any atom is 0.220 e.